The van der Waals surface area contributed by atoms with Crippen molar-refractivity contribution >= 4 is 26.0 Å². The second-order valence-corrected chi connectivity index (χ2v) is 10.9. The molecule has 0 aliphatic heterocycles. The van der Waals surface area contributed by atoms with E-state index in [0.29, 0.717) is 26.2 Å². The third-order valence-electron chi connectivity index (χ3n) is 5.16. The molecule has 0 aromatic heterocycles. The Morgan fingerprint density at radius 3 is 1.75 bits per heavy atom. The molecule has 0 radical (unpaired) electrons. The summed E-state index contributed by atoms with van der Waals surface area (Å²) >= 11 is 0. The number of hydrogen-bond donors (Lipinski definition) is 1. The van der Waals surface area contributed by atoms with Crippen LogP contribution >= 0.6 is 0 Å². The highest BCUT2D eigenvalue weighted by molar-refractivity contribution is 7.89. The highest BCUT2D eigenvalue weighted by Crippen LogP contribution is 2.18. The molecule has 0 aliphatic carbocycles. The van der Waals surface area contributed by atoms with E-state index < -0.39 is 26.0 Å². The van der Waals surface area contributed by atoms with Crippen LogP contribution < -0.4 is 5.32 Å². The maximum Gasteiger partial charge on any atom is 0.251 e. The summed E-state index contributed by atoms with van der Waals surface area (Å²) in [6.45, 7) is 8.73. The number of nitrogens with zero attached hydrogens (tertiary/aromatic N) is 2. The Kier molecular flexibility index (Phi) is 8.97. The summed E-state index contributed by atoms with van der Waals surface area (Å²) in [6.07, 6.45) is 0. The summed E-state index contributed by atoms with van der Waals surface area (Å²) in [5.74, 6) is -0.415. The van der Waals surface area contributed by atoms with Crippen LogP contribution in [-0.2, 0) is 26.6 Å². The molecule has 10 heteroatoms. The predicted octanol–water partition coefficient (Wildman–Crippen LogP) is 2.68. The first-order chi connectivity index (χ1) is 15.1. The van der Waals surface area contributed by atoms with E-state index in [2.05, 4.69) is 5.32 Å². The molecule has 0 spiro atoms. The van der Waals surface area contributed by atoms with Gasteiger partial charge in [0.1, 0.15) is 0 Å². The number of sulfonamides is 2. The molecule has 2 aromatic carbocycles. The Bertz CT molecular complexity index is 1120. The van der Waals surface area contributed by atoms with Gasteiger partial charge in [0.15, 0.2) is 0 Å². The van der Waals surface area contributed by atoms with Crippen LogP contribution in [0.3, 0.4) is 0 Å². The summed E-state index contributed by atoms with van der Waals surface area (Å²) in [7, 11) is -7.20. The van der Waals surface area contributed by atoms with Gasteiger partial charge in [0.2, 0.25) is 20.0 Å². The Morgan fingerprint density at radius 2 is 1.25 bits per heavy atom. The number of amides is 1. The predicted molar refractivity (Wildman–Crippen MR) is 124 cm³/mol. The van der Waals surface area contributed by atoms with Crippen molar-refractivity contribution in [2.24, 2.45) is 0 Å². The lowest BCUT2D eigenvalue weighted by atomic mass is 10.2. The van der Waals surface area contributed by atoms with Gasteiger partial charge >= 0.3 is 0 Å². The monoisotopic (exact) mass is 481 g/mol. The van der Waals surface area contributed by atoms with Crippen molar-refractivity contribution in [2.45, 2.75) is 44.0 Å². The van der Waals surface area contributed by atoms with Crippen LogP contribution in [0, 0.1) is 0 Å². The number of carbonyl (C=O) groups is 1. The number of carbonyl (C=O) groups excluding carboxylic acids is 1. The maximum absolute atomic E-state index is 12.7. The van der Waals surface area contributed by atoms with E-state index in [0.717, 1.165) is 5.56 Å². The van der Waals surface area contributed by atoms with Crippen LogP contribution in [0.1, 0.15) is 43.6 Å². The molecule has 0 atom stereocenters. The molecule has 0 aliphatic rings. The average Bonchev–Trinajstić information content (AvgIpc) is 2.79. The molecular weight excluding hydrogens is 450 g/mol. The van der Waals surface area contributed by atoms with E-state index in [-0.39, 0.29) is 21.9 Å². The molecule has 1 N–H and O–H groups in total. The lowest BCUT2D eigenvalue weighted by molar-refractivity contribution is 0.0950. The lowest BCUT2D eigenvalue weighted by Gasteiger charge is -2.19. The van der Waals surface area contributed by atoms with Gasteiger partial charge in [0.25, 0.3) is 5.91 Å². The van der Waals surface area contributed by atoms with E-state index in [1.165, 1.54) is 38.9 Å². The van der Waals surface area contributed by atoms with Crippen molar-refractivity contribution in [1.82, 2.24) is 13.9 Å². The lowest BCUT2D eigenvalue weighted by Crippen LogP contribution is -2.31. The maximum atomic E-state index is 12.7. The quantitative estimate of drug-likeness (QED) is 0.531. The molecule has 0 saturated heterocycles. The van der Waals surface area contributed by atoms with Crippen LogP contribution in [-0.4, -0.2) is 57.5 Å². The molecule has 2 aromatic rings. The smallest absolute Gasteiger partial charge is 0.251 e. The SMILES string of the molecule is CCN(CC)S(=O)(=O)c1ccc(CNC(=O)c2cccc(S(=O)(=O)N(CC)CC)c2)cc1. The largest absolute Gasteiger partial charge is 0.348 e. The van der Waals surface area contributed by atoms with Gasteiger partial charge in [0, 0.05) is 38.3 Å². The van der Waals surface area contributed by atoms with Gasteiger partial charge in [0.05, 0.1) is 9.79 Å². The van der Waals surface area contributed by atoms with E-state index in [1.54, 1.807) is 45.9 Å². The van der Waals surface area contributed by atoms with Crippen LogP contribution in [0.15, 0.2) is 58.3 Å². The van der Waals surface area contributed by atoms with Crippen LogP contribution in [0.25, 0.3) is 0 Å². The fourth-order valence-electron chi connectivity index (χ4n) is 3.29. The van der Waals surface area contributed by atoms with Gasteiger partial charge in [-0.25, -0.2) is 16.8 Å². The summed E-state index contributed by atoms with van der Waals surface area (Å²) in [5, 5.41) is 2.75. The van der Waals surface area contributed by atoms with Gasteiger partial charge in [-0.15, -0.1) is 0 Å². The van der Waals surface area contributed by atoms with E-state index in [9.17, 15) is 21.6 Å². The molecule has 176 valence electrons. The number of hydrogen-bond acceptors (Lipinski definition) is 5. The molecule has 8 nitrogen and oxygen atoms in total. The van der Waals surface area contributed by atoms with E-state index in [4.69, 9.17) is 0 Å². The highest BCUT2D eigenvalue weighted by Gasteiger charge is 2.23. The molecular formula is C22H31N3O5S2. The minimum atomic E-state index is -3.66. The summed E-state index contributed by atoms with van der Waals surface area (Å²) < 4.78 is 53.2. The first-order valence-corrected chi connectivity index (χ1v) is 13.5. The third kappa shape index (κ3) is 5.74. The molecule has 0 bridgehead atoms. The normalized spacial score (nSPS) is 12.3. The fourth-order valence-corrected chi connectivity index (χ4v) is 6.25. The highest BCUT2D eigenvalue weighted by atomic mass is 32.2. The van der Waals surface area contributed by atoms with Crippen molar-refractivity contribution in [3.63, 3.8) is 0 Å². The number of nitrogens with one attached hydrogen (secondary N) is 1. The third-order valence-corrected chi connectivity index (χ3v) is 9.27. The second kappa shape index (κ2) is 11.0. The van der Waals surface area contributed by atoms with Gasteiger partial charge in [-0.3, -0.25) is 4.79 Å². The summed E-state index contributed by atoms with van der Waals surface area (Å²) in [5.41, 5.74) is 0.961. The molecule has 0 fully saturated rings. The molecule has 1 amide bonds. The first-order valence-electron chi connectivity index (χ1n) is 10.6. The number of rotatable bonds is 11. The Balaban J connectivity index is 2.12. The molecule has 32 heavy (non-hydrogen) atoms. The second-order valence-electron chi connectivity index (χ2n) is 7.03. The van der Waals surface area contributed by atoms with Gasteiger partial charge in [-0.1, -0.05) is 45.9 Å². The standard InChI is InChI=1S/C22H31N3O5S2/c1-5-24(6-2)31(27,28)20-14-12-18(13-15-20)17-23-22(26)19-10-9-11-21(16-19)32(29,30)25(7-3)8-4/h9-16H,5-8,17H2,1-4H3,(H,23,26). The first kappa shape index (κ1) is 26.0. The van der Waals surface area contributed by atoms with Crippen LogP contribution in [0.2, 0.25) is 0 Å². The Hall–Kier alpha value is -2.27. The van der Waals surface area contributed by atoms with Crippen molar-refractivity contribution < 1.29 is 21.6 Å². The van der Waals surface area contributed by atoms with Crippen LogP contribution in [0.4, 0.5) is 0 Å². The Morgan fingerprint density at radius 1 is 0.750 bits per heavy atom. The van der Waals surface area contributed by atoms with Crippen LogP contribution in [0.5, 0.6) is 0 Å². The van der Waals surface area contributed by atoms with Crippen molar-refractivity contribution in [1.29, 1.82) is 0 Å². The number of benzene rings is 2. The molecule has 0 heterocycles. The molecule has 0 unspecified atom stereocenters. The molecule has 2 rings (SSSR count). The zero-order chi connectivity index (χ0) is 23.9. The minimum absolute atomic E-state index is 0.0693. The van der Waals surface area contributed by atoms with Gasteiger partial charge in [-0.05, 0) is 35.9 Å². The zero-order valence-corrected chi connectivity index (χ0v) is 20.5. The van der Waals surface area contributed by atoms with Crippen molar-refractivity contribution in [3.05, 3.63) is 59.7 Å². The summed E-state index contributed by atoms with van der Waals surface area (Å²) in [4.78, 5) is 12.8. The molecule has 0 saturated carbocycles. The topological polar surface area (TPSA) is 104 Å². The van der Waals surface area contributed by atoms with Gasteiger partial charge < -0.3 is 5.32 Å². The van der Waals surface area contributed by atoms with E-state index >= 15 is 0 Å². The summed E-state index contributed by atoms with van der Waals surface area (Å²) in [6, 6.07) is 12.3. The van der Waals surface area contributed by atoms with E-state index in [1.807, 2.05) is 0 Å². The van der Waals surface area contributed by atoms with Gasteiger partial charge in [-0.2, -0.15) is 8.61 Å². The van der Waals surface area contributed by atoms with Crippen molar-refractivity contribution in [2.75, 3.05) is 26.2 Å². The minimum Gasteiger partial charge on any atom is -0.348 e. The Labute approximate surface area is 191 Å². The van der Waals surface area contributed by atoms with Crippen molar-refractivity contribution in [3.8, 4) is 0 Å². The zero-order valence-electron chi connectivity index (χ0n) is 18.9. The fraction of sp³-hybridized carbons (Fsp3) is 0.409. The average molecular weight is 482 g/mol.